The highest BCUT2D eigenvalue weighted by atomic mass is 35.5. The molecule has 0 saturated carbocycles. The van der Waals surface area contributed by atoms with Gasteiger partial charge in [0.05, 0.1) is 0 Å². The fourth-order valence-corrected chi connectivity index (χ4v) is 2.67. The topological polar surface area (TPSA) is 59.8 Å². The van der Waals surface area contributed by atoms with Gasteiger partial charge in [0.25, 0.3) is 0 Å². The summed E-state index contributed by atoms with van der Waals surface area (Å²) >= 11 is 12.1. The SMILES string of the molecule is O=C(/C=C/c1c(Cl)cccc1Cl)NCc1ccc(-n2ccnc2)nc1. The molecule has 25 heavy (non-hydrogen) atoms. The highest BCUT2D eigenvalue weighted by Gasteiger charge is 2.03. The predicted molar refractivity (Wildman–Crippen MR) is 98.7 cm³/mol. The third-order valence-electron chi connectivity index (χ3n) is 3.45. The number of benzene rings is 1. The third kappa shape index (κ3) is 4.47. The van der Waals surface area contributed by atoms with E-state index in [9.17, 15) is 4.79 Å². The first-order valence-electron chi connectivity index (χ1n) is 7.46. The van der Waals surface area contributed by atoms with Crippen molar-refractivity contribution < 1.29 is 4.79 Å². The first-order valence-corrected chi connectivity index (χ1v) is 8.22. The number of hydrogen-bond donors (Lipinski definition) is 1. The number of nitrogens with zero attached hydrogens (tertiary/aromatic N) is 3. The van der Waals surface area contributed by atoms with E-state index in [1.54, 1.807) is 47.6 Å². The second kappa shape index (κ2) is 7.96. The van der Waals surface area contributed by atoms with E-state index in [4.69, 9.17) is 23.2 Å². The van der Waals surface area contributed by atoms with Gasteiger partial charge in [-0.25, -0.2) is 9.97 Å². The molecule has 0 atom stereocenters. The summed E-state index contributed by atoms with van der Waals surface area (Å²) in [6.45, 7) is 0.372. The minimum absolute atomic E-state index is 0.241. The summed E-state index contributed by atoms with van der Waals surface area (Å²) in [7, 11) is 0. The zero-order valence-electron chi connectivity index (χ0n) is 13.1. The molecule has 0 aliphatic heterocycles. The Labute approximate surface area is 154 Å². The number of imidazole rings is 1. The Morgan fingerprint density at radius 1 is 1.20 bits per heavy atom. The Hall–Kier alpha value is -2.63. The van der Waals surface area contributed by atoms with E-state index in [0.29, 0.717) is 22.2 Å². The molecule has 126 valence electrons. The summed E-state index contributed by atoms with van der Waals surface area (Å²) in [5, 5.41) is 3.78. The monoisotopic (exact) mass is 372 g/mol. The lowest BCUT2D eigenvalue weighted by molar-refractivity contribution is -0.116. The highest BCUT2D eigenvalue weighted by molar-refractivity contribution is 6.37. The molecule has 0 saturated heterocycles. The van der Waals surface area contributed by atoms with E-state index >= 15 is 0 Å². The fraction of sp³-hybridized carbons (Fsp3) is 0.0556. The van der Waals surface area contributed by atoms with Crippen LogP contribution < -0.4 is 5.32 Å². The summed E-state index contributed by atoms with van der Waals surface area (Å²) in [6, 6.07) is 8.96. The van der Waals surface area contributed by atoms with E-state index in [0.717, 1.165) is 11.4 Å². The molecule has 3 aromatic rings. The fourth-order valence-electron chi connectivity index (χ4n) is 2.15. The van der Waals surface area contributed by atoms with Crippen molar-refractivity contribution in [3.8, 4) is 5.82 Å². The molecule has 5 nitrogen and oxygen atoms in total. The van der Waals surface area contributed by atoms with Gasteiger partial charge in [-0.15, -0.1) is 0 Å². The first-order chi connectivity index (χ1) is 12.1. The summed E-state index contributed by atoms with van der Waals surface area (Å²) in [5.74, 6) is 0.524. The maximum Gasteiger partial charge on any atom is 0.244 e. The number of nitrogens with one attached hydrogen (secondary N) is 1. The van der Waals surface area contributed by atoms with Gasteiger partial charge < -0.3 is 5.32 Å². The Kier molecular flexibility index (Phi) is 5.48. The standard InChI is InChI=1S/C18H14Cl2N4O/c19-15-2-1-3-16(20)14(15)5-7-18(25)23-11-13-4-6-17(22-10-13)24-9-8-21-12-24/h1-10,12H,11H2,(H,23,25)/b7-5+. The van der Waals surface area contributed by atoms with Crippen molar-refractivity contribution in [1.29, 1.82) is 0 Å². The number of pyridine rings is 1. The third-order valence-corrected chi connectivity index (χ3v) is 4.11. The van der Waals surface area contributed by atoms with Crippen molar-refractivity contribution in [2.24, 2.45) is 0 Å². The Morgan fingerprint density at radius 3 is 2.64 bits per heavy atom. The van der Waals surface area contributed by atoms with Crippen LogP contribution in [0.15, 0.2) is 61.3 Å². The van der Waals surface area contributed by atoms with Crippen LogP contribution in [0.2, 0.25) is 10.0 Å². The molecule has 0 aliphatic rings. The lowest BCUT2D eigenvalue weighted by Gasteiger charge is -2.05. The van der Waals surface area contributed by atoms with Crippen LogP contribution in [-0.2, 0) is 11.3 Å². The van der Waals surface area contributed by atoms with E-state index in [1.165, 1.54) is 6.08 Å². The van der Waals surface area contributed by atoms with Crippen LogP contribution in [0.5, 0.6) is 0 Å². The van der Waals surface area contributed by atoms with Crippen molar-refractivity contribution >= 4 is 35.2 Å². The molecule has 0 fully saturated rings. The number of hydrogen-bond acceptors (Lipinski definition) is 3. The van der Waals surface area contributed by atoms with Gasteiger partial charge >= 0.3 is 0 Å². The van der Waals surface area contributed by atoms with Crippen molar-refractivity contribution in [3.05, 3.63) is 82.5 Å². The summed E-state index contributed by atoms with van der Waals surface area (Å²) in [5.41, 5.74) is 1.51. The van der Waals surface area contributed by atoms with Crippen LogP contribution >= 0.6 is 23.2 Å². The van der Waals surface area contributed by atoms with Crippen LogP contribution in [0.1, 0.15) is 11.1 Å². The minimum Gasteiger partial charge on any atom is -0.348 e. The number of amides is 1. The average Bonchev–Trinajstić information content (AvgIpc) is 3.14. The van der Waals surface area contributed by atoms with E-state index in [2.05, 4.69) is 15.3 Å². The quantitative estimate of drug-likeness (QED) is 0.690. The van der Waals surface area contributed by atoms with Gasteiger partial charge in [-0.05, 0) is 29.8 Å². The maximum absolute atomic E-state index is 11.9. The molecular formula is C18H14Cl2N4O. The number of aromatic nitrogens is 3. The number of carbonyl (C=O) groups excluding carboxylic acids is 1. The Bertz CT molecular complexity index is 870. The summed E-state index contributed by atoms with van der Waals surface area (Å²) < 4.78 is 1.80. The van der Waals surface area contributed by atoms with Gasteiger partial charge in [-0.2, -0.15) is 0 Å². The van der Waals surface area contributed by atoms with Crippen molar-refractivity contribution in [3.63, 3.8) is 0 Å². The molecule has 0 radical (unpaired) electrons. The van der Waals surface area contributed by atoms with Crippen molar-refractivity contribution in [2.45, 2.75) is 6.54 Å². The Balaban J connectivity index is 1.58. The molecule has 0 spiro atoms. The smallest absolute Gasteiger partial charge is 0.244 e. The molecule has 7 heteroatoms. The molecule has 1 aromatic carbocycles. The van der Waals surface area contributed by atoms with Crippen molar-refractivity contribution in [1.82, 2.24) is 19.9 Å². The predicted octanol–water partition coefficient (Wildman–Crippen LogP) is 3.90. The summed E-state index contributed by atoms with van der Waals surface area (Å²) in [6.07, 6.45) is 9.89. The Morgan fingerprint density at radius 2 is 2.00 bits per heavy atom. The molecule has 0 bridgehead atoms. The maximum atomic E-state index is 11.9. The molecule has 2 aromatic heterocycles. The number of carbonyl (C=O) groups is 1. The van der Waals surface area contributed by atoms with E-state index in [-0.39, 0.29) is 5.91 Å². The second-order valence-corrected chi connectivity index (χ2v) is 6.00. The van der Waals surface area contributed by atoms with E-state index in [1.807, 2.05) is 18.3 Å². The van der Waals surface area contributed by atoms with Crippen molar-refractivity contribution in [2.75, 3.05) is 0 Å². The van der Waals surface area contributed by atoms with E-state index < -0.39 is 0 Å². The van der Waals surface area contributed by atoms with Gasteiger partial charge in [0.2, 0.25) is 5.91 Å². The van der Waals surface area contributed by atoms with Gasteiger partial charge in [-0.3, -0.25) is 9.36 Å². The number of rotatable bonds is 5. The summed E-state index contributed by atoms with van der Waals surface area (Å²) in [4.78, 5) is 20.3. The van der Waals surface area contributed by atoms with Crippen LogP contribution in [0.25, 0.3) is 11.9 Å². The van der Waals surface area contributed by atoms with Gasteiger partial charge in [0.1, 0.15) is 12.1 Å². The first kappa shape index (κ1) is 17.2. The molecule has 3 rings (SSSR count). The average molecular weight is 373 g/mol. The zero-order valence-corrected chi connectivity index (χ0v) is 14.6. The molecular weight excluding hydrogens is 359 g/mol. The molecule has 1 amide bonds. The van der Waals surface area contributed by atoms with Gasteiger partial charge in [0, 0.05) is 46.8 Å². The van der Waals surface area contributed by atoms with Crippen LogP contribution in [0.3, 0.4) is 0 Å². The normalized spacial score (nSPS) is 11.0. The van der Waals surface area contributed by atoms with Crippen LogP contribution in [0, 0.1) is 0 Å². The zero-order chi connectivity index (χ0) is 17.6. The largest absolute Gasteiger partial charge is 0.348 e. The molecule has 2 heterocycles. The lowest BCUT2D eigenvalue weighted by atomic mass is 10.2. The van der Waals surface area contributed by atoms with Crippen LogP contribution in [-0.4, -0.2) is 20.4 Å². The van der Waals surface area contributed by atoms with Gasteiger partial charge in [-0.1, -0.05) is 35.3 Å². The lowest BCUT2D eigenvalue weighted by Crippen LogP contribution is -2.20. The molecule has 1 N–H and O–H groups in total. The van der Waals surface area contributed by atoms with Crippen LogP contribution in [0.4, 0.5) is 0 Å². The minimum atomic E-state index is -0.241. The molecule has 0 aliphatic carbocycles. The second-order valence-electron chi connectivity index (χ2n) is 5.18. The molecule has 0 unspecified atom stereocenters. The number of halogens is 2. The van der Waals surface area contributed by atoms with Gasteiger partial charge in [0.15, 0.2) is 0 Å². The highest BCUT2D eigenvalue weighted by Crippen LogP contribution is 2.25.